The van der Waals surface area contributed by atoms with Crippen molar-refractivity contribution >= 4 is 18.9 Å². The third kappa shape index (κ3) is 4.58. The van der Waals surface area contributed by atoms with Gasteiger partial charge in [-0.3, -0.25) is 4.98 Å². The van der Waals surface area contributed by atoms with Crippen molar-refractivity contribution in [1.82, 2.24) is 4.98 Å². The minimum Gasteiger partial charge on any atom is -1.00 e. The van der Waals surface area contributed by atoms with Crippen molar-refractivity contribution in [2.24, 2.45) is 0 Å². The van der Waals surface area contributed by atoms with Gasteiger partial charge in [0.15, 0.2) is 0 Å². The molecule has 1 atom stereocenters. The molecular formula is C23H20Cl2NPPtS+2. The van der Waals surface area contributed by atoms with E-state index in [0.717, 1.165) is 0 Å². The first kappa shape index (κ1) is 24.4. The fourth-order valence-electron chi connectivity index (χ4n) is 4.09. The van der Waals surface area contributed by atoms with Gasteiger partial charge < -0.3 is 24.8 Å². The first-order chi connectivity index (χ1) is 12.9. The van der Waals surface area contributed by atoms with Crippen LogP contribution in [-0.2, 0) is 33.9 Å². The molecule has 6 heteroatoms. The van der Waals surface area contributed by atoms with E-state index >= 15 is 0 Å². The van der Waals surface area contributed by atoms with Crippen LogP contribution in [-0.4, -0.2) is 4.98 Å². The monoisotopic (exact) mass is 638 g/mol. The SMILES string of the molecule is [Cl-].[Cl-].[Pt+4].c1ccc(-p2c(-c3ccccn3)c3c(c2-c2cccs2)CCCC3)cc1. The second-order valence-electron chi connectivity index (χ2n) is 6.72. The van der Waals surface area contributed by atoms with Gasteiger partial charge in [-0.1, -0.05) is 50.0 Å². The molecule has 1 aromatic carbocycles. The molecule has 0 saturated carbocycles. The van der Waals surface area contributed by atoms with E-state index in [2.05, 4.69) is 60.0 Å². The average Bonchev–Trinajstić information content (AvgIpc) is 3.35. The molecule has 0 fully saturated rings. The Morgan fingerprint density at radius 1 is 0.759 bits per heavy atom. The molecule has 1 aliphatic rings. The molecule has 0 radical (unpaired) electrons. The molecule has 3 aromatic heterocycles. The molecule has 1 aliphatic carbocycles. The number of fused-ring (bicyclic) bond motifs is 1. The van der Waals surface area contributed by atoms with E-state index in [9.17, 15) is 0 Å². The van der Waals surface area contributed by atoms with Crippen molar-refractivity contribution in [3.05, 3.63) is 83.4 Å². The zero-order chi connectivity index (χ0) is 17.3. The van der Waals surface area contributed by atoms with Crippen molar-refractivity contribution < 1.29 is 45.9 Å². The fraction of sp³-hybridized carbons (Fsp3) is 0.174. The summed E-state index contributed by atoms with van der Waals surface area (Å²) < 4.78 is 0. The third-order valence-corrected chi connectivity index (χ3v) is 8.92. The molecule has 0 saturated heterocycles. The average molecular weight is 639 g/mol. The summed E-state index contributed by atoms with van der Waals surface area (Å²) >= 11 is 1.88. The van der Waals surface area contributed by atoms with E-state index < -0.39 is 7.53 Å². The molecule has 0 N–H and O–H groups in total. The van der Waals surface area contributed by atoms with Gasteiger partial charge in [-0.2, -0.15) is 0 Å². The van der Waals surface area contributed by atoms with Gasteiger partial charge in [0.05, 0.1) is 5.69 Å². The standard InChI is InChI=1S/C23H20NPS.2ClH.Pt/c1-2-9-17(10-3-1)25-22(20-13-6-7-15-24-20)18-11-4-5-12-19(18)23(25)21-14-8-16-26-21;;;/h1-3,6-10,13-16H,4-5,11-12H2;2*1H;/q;;;+4/p-2. The molecule has 0 spiro atoms. The van der Waals surface area contributed by atoms with E-state index in [1.807, 2.05) is 23.6 Å². The van der Waals surface area contributed by atoms with E-state index in [1.165, 1.54) is 46.9 Å². The Balaban J connectivity index is 0.000001000. The van der Waals surface area contributed by atoms with Crippen LogP contribution in [0.2, 0.25) is 0 Å². The molecule has 29 heavy (non-hydrogen) atoms. The Labute approximate surface area is 204 Å². The molecule has 4 aromatic rings. The van der Waals surface area contributed by atoms with Gasteiger partial charge in [-0.15, -0.1) is 11.3 Å². The smallest absolute Gasteiger partial charge is 1.00 e. The second kappa shape index (κ2) is 10.9. The largest absolute Gasteiger partial charge is 4.00 e. The van der Waals surface area contributed by atoms with Gasteiger partial charge in [-0.25, -0.2) is 0 Å². The molecule has 0 amide bonds. The zero-order valence-electron chi connectivity index (χ0n) is 15.6. The van der Waals surface area contributed by atoms with Gasteiger partial charge in [0.25, 0.3) is 0 Å². The molecule has 150 valence electrons. The van der Waals surface area contributed by atoms with Crippen LogP contribution in [0.4, 0.5) is 0 Å². The van der Waals surface area contributed by atoms with Crippen molar-refractivity contribution in [3.8, 4) is 26.5 Å². The van der Waals surface area contributed by atoms with Gasteiger partial charge in [0, 0.05) is 21.7 Å². The number of hydrogen-bond donors (Lipinski definition) is 0. The summed E-state index contributed by atoms with van der Waals surface area (Å²) in [4.78, 5) is 6.22. The maximum atomic E-state index is 4.78. The van der Waals surface area contributed by atoms with Crippen LogP contribution in [0.25, 0.3) is 26.5 Å². The number of hydrogen-bond acceptors (Lipinski definition) is 2. The molecular weight excluding hydrogens is 619 g/mol. The Bertz CT molecular complexity index is 1030. The predicted octanol–water partition coefficient (Wildman–Crippen LogP) is 1.34. The minimum atomic E-state index is -0.537. The van der Waals surface area contributed by atoms with Gasteiger partial charge >= 0.3 is 21.1 Å². The van der Waals surface area contributed by atoms with E-state index in [4.69, 9.17) is 4.98 Å². The van der Waals surface area contributed by atoms with Gasteiger partial charge in [0.1, 0.15) is 0 Å². The maximum absolute atomic E-state index is 4.78. The fourth-order valence-corrected chi connectivity index (χ4v) is 8.12. The number of thiophene rings is 1. The number of nitrogens with zero attached hydrogens (tertiary/aromatic N) is 1. The summed E-state index contributed by atoms with van der Waals surface area (Å²) in [6.07, 6.45) is 6.95. The molecule has 3 heterocycles. The molecule has 0 aliphatic heterocycles. The molecule has 5 rings (SSSR count). The quantitative estimate of drug-likeness (QED) is 0.330. The first-order valence-electron chi connectivity index (χ1n) is 9.20. The van der Waals surface area contributed by atoms with Crippen LogP contribution in [0.3, 0.4) is 0 Å². The van der Waals surface area contributed by atoms with Crippen LogP contribution in [0, 0.1) is 0 Å². The third-order valence-electron chi connectivity index (χ3n) is 5.16. The van der Waals surface area contributed by atoms with Crippen LogP contribution in [0.1, 0.15) is 24.0 Å². The van der Waals surface area contributed by atoms with E-state index in [-0.39, 0.29) is 45.9 Å². The van der Waals surface area contributed by atoms with Crippen molar-refractivity contribution in [1.29, 1.82) is 0 Å². The van der Waals surface area contributed by atoms with E-state index in [0.29, 0.717) is 0 Å². The number of aromatic nitrogens is 1. The zero-order valence-corrected chi connectivity index (χ0v) is 21.1. The van der Waals surface area contributed by atoms with Crippen LogP contribution < -0.4 is 24.8 Å². The van der Waals surface area contributed by atoms with Crippen molar-refractivity contribution in [2.75, 3.05) is 0 Å². The predicted molar refractivity (Wildman–Crippen MR) is 114 cm³/mol. The van der Waals surface area contributed by atoms with Crippen LogP contribution in [0.15, 0.2) is 72.2 Å². The van der Waals surface area contributed by atoms with Gasteiger partial charge in [-0.05, 0) is 65.7 Å². The number of pyridine rings is 1. The van der Waals surface area contributed by atoms with Crippen molar-refractivity contribution in [2.45, 2.75) is 25.7 Å². The minimum absolute atomic E-state index is 0. The summed E-state index contributed by atoms with van der Waals surface area (Å²) in [5, 5.41) is 6.75. The Hall–Kier alpha value is -0.882. The number of halogens is 2. The van der Waals surface area contributed by atoms with Crippen molar-refractivity contribution in [3.63, 3.8) is 0 Å². The number of benzene rings is 1. The molecule has 0 bridgehead atoms. The Morgan fingerprint density at radius 2 is 1.45 bits per heavy atom. The molecule has 1 unspecified atom stereocenters. The summed E-state index contributed by atoms with van der Waals surface area (Å²) in [5.74, 6) is 0. The summed E-state index contributed by atoms with van der Waals surface area (Å²) in [7, 11) is -0.537. The second-order valence-corrected chi connectivity index (χ2v) is 9.75. The van der Waals surface area contributed by atoms with E-state index in [1.54, 1.807) is 16.4 Å². The topological polar surface area (TPSA) is 12.9 Å². The summed E-state index contributed by atoms with van der Waals surface area (Å²) in [5.41, 5.74) is 4.38. The summed E-state index contributed by atoms with van der Waals surface area (Å²) in [6, 6.07) is 21.9. The molecule has 1 nitrogen and oxygen atoms in total. The normalized spacial score (nSPS) is 12.8. The summed E-state index contributed by atoms with van der Waals surface area (Å²) in [6.45, 7) is 0. The van der Waals surface area contributed by atoms with Crippen LogP contribution >= 0.6 is 18.9 Å². The van der Waals surface area contributed by atoms with Crippen LogP contribution in [0.5, 0.6) is 0 Å². The Kier molecular flexibility index (Phi) is 9.20. The van der Waals surface area contributed by atoms with Gasteiger partial charge in [0.2, 0.25) is 0 Å². The number of rotatable bonds is 3. The Morgan fingerprint density at radius 3 is 2.07 bits per heavy atom. The first-order valence-corrected chi connectivity index (χ1v) is 11.4. The maximum Gasteiger partial charge on any atom is 4.00 e.